The van der Waals surface area contributed by atoms with Crippen LogP contribution in [0.4, 0.5) is 0 Å². The number of aryl methyl sites for hydroxylation is 1. The molecule has 0 saturated carbocycles. The van der Waals surface area contributed by atoms with Crippen molar-refractivity contribution in [3.05, 3.63) is 18.2 Å². The number of hydrogen-bond acceptors (Lipinski definition) is 4. The van der Waals surface area contributed by atoms with E-state index in [1.807, 2.05) is 22.7 Å². The van der Waals surface area contributed by atoms with Gasteiger partial charge in [-0.05, 0) is 63.6 Å². The molecule has 6 heteroatoms. The van der Waals surface area contributed by atoms with Crippen molar-refractivity contribution in [1.29, 1.82) is 0 Å². The summed E-state index contributed by atoms with van der Waals surface area (Å²) in [5, 5.41) is 10.6. The van der Waals surface area contributed by atoms with Gasteiger partial charge in [0.05, 0.1) is 0 Å². The number of nitrogens with zero attached hydrogens (tertiary/aromatic N) is 4. The molecule has 0 radical (unpaired) electrons. The Morgan fingerprint density at radius 3 is 2.50 bits per heavy atom. The van der Waals surface area contributed by atoms with Crippen molar-refractivity contribution >= 4 is 5.91 Å². The van der Waals surface area contributed by atoms with Crippen LogP contribution >= 0.6 is 0 Å². The third-order valence-electron chi connectivity index (χ3n) is 6.17. The largest absolute Gasteiger partial charge is 0.385 e. The van der Waals surface area contributed by atoms with Crippen molar-refractivity contribution in [3.63, 3.8) is 0 Å². The fourth-order valence-electron chi connectivity index (χ4n) is 4.44. The number of carbonyl (C=O) groups excluding carboxylic acids is 1. The molecule has 1 amide bonds. The summed E-state index contributed by atoms with van der Waals surface area (Å²) in [6, 6.07) is 0. The highest BCUT2D eigenvalue weighted by Crippen LogP contribution is 2.30. The van der Waals surface area contributed by atoms with E-state index in [-0.39, 0.29) is 5.92 Å². The number of aliphatic hydroxyl groups excluding tert-OH is 1. The molecule has 1 aromatic heterocycles. The second kappa shape index (κ2) is 9.00. The molecule has 3 rings (SSSR count). The standard InChI is InChI=1S/C20H34N4O2/c1-3-9-23-10-4-16(5-11-23)15-18(25)24-12-6-17(7-13-24)19(26)20-21-8-14-22(20)2/h8,14,16-17,19,26H,3-7,9-13,15H2,1-2H3/t19-/m0/s1. The summed E-state index contributed by atoms with van der Waals surface area (Å²) in [6.07, 6.45) is 8.99. The topological polar surface area (TPSA) is 61.6 Å². The number of carbonyl (C=O) groups is 1. The first kappa shape index (κ1) is 19.4. The summed E-state index contributed by atoms with van der Waals surface area (Å²) in [6.45, 7) is 7.23. The van der Waals surface area contributed by atoms with Gasteiger partial charge in [0.25, 0.3) is 0 Å². The van der Waals surface area contributed by atoms with Crippen LogP contribution in [0, 0.1) is 11.8 Å². The third kappa shape index (κ3) is 4.65. The molecule has 0 bridgehead atoms. The van der Waals surface area contributed by atoms with Crippen molar-refractivity contribution < 1.29 is 9.90 Å². The van der Waals surface area contributed by atoms with Gasteiger partial charge in [-0.25, -0.2) is 4.98 Å². The predicted molar refractivity (Wildman–Crippen MR) is 102 cm³/mol. The van der Waals surface area contributed by atoms with Gasteiger partial charge in [-0.2, -0.15) is 0 Å². The molecule has 2 aliphatic rings. The third-order valence-corrected chi connectivity index (χ3v) is 6.17. The number of amides is 1. The molecule has 1 atom stereocenters. The minimum atomic E-state index is -0.532. The maximum absolute atomic E-state index is 12.7. The van der Waals surface area contributed by atoms with Crippen LogP contribution < -0.4 is 0 Å². The van der Waals surface area contributed by atoms with Gasteiger partial charge in [0.1, 0.15) is 11.9 Å². The predicted octanol–water partition coefficient (Wildman–Crippen LogP) is 2.20. The molecule has 26 heavy (non-hydrogen) atoms. The Bertz CT molecular complexity index is 572. The summed E-state index contributed by atoms with van der Waals surface area (Å²) in [7, 11) is 1.91. The normalized spacial score (nSPS) is 21.9. The lowest BCUT2D eigenvalue weighted by atomic mass is 9.89. The molecule has 1 aromatic rings. The molecule has 0 aliphatic carbocycles. The van der Waals surface area contributed by atoms with Gasteiger partial charge in [-0.1, -0.05) is 6.92 Å². The summed E-state index contributed by atoms with van der Waals surface area (Å²) < 4.78 is 1.88. The Labute approximate surface area is 157 Å². The summed E-state index contributed by atoms with van der Waals surface area (Å²) in [5.74, 6) is 1.78. The first-order valence-electron chi connectivity index (χ1n) is 10.2. The fourth-order valence-corrected chi connectivity index (χ4v) is 4.44. The first-order chi connectivity index (χ1) is 12.6. The van der Waals surface area contributed by atoms with Gasteiger partial charge in [-0.3, -0.25) is 4.79 Å². The fraction of sp³-hybridized carbons (Fsp3) is 0.800. The molecule has 6 nitrogen and oxygen atoms in total. The van der Waals surface area contributed by atoms with Crippen molar-refractivity contribution in [3.8, 4) is 0 Å². The SMILES string of the molecule is CCCN1CCC(CC(=O)N2CCC([C@H](O)c3nccn3C)CC2)CC1. The Balaban J connectivity index is 1.42. The van der Waals surface area contributed by atoms with Crippen LogP contribution in [0.5, 0.6) is 0 Å². The zero-order valence-electron chi connectivity index (χ0n) is 16.3. The van der Waals surface area contributed by atoms with E-state index in [2.05, 4.69) is 16.8 Å². The van der Waals surface area contributed by atoms with Crippen LogP contribution in [0.25, 0.3) is 0 Å². The Morgan fingerprint density at radius 2 is 1.92 bits per heavy atom. The first-order valence-corrected chi connectivity index (χ1v) is 10.2. The molecule has 0 spiro atoms. The highest BCUT2D eigenvalue weighted by atomic mass is 16.3. The zero-order chi connectivity index (χ0) is 18.5. The molecule has 2 fully saturated rings. The smallest absolute Gasteiger partial charge is 0.222 e. The van der Waals surface area contributed by atoms with Gasteiger partial charge in [0.2, 0.25) is 5.91 Å². The average molecular weight is 363 g/mol. The number of likely N-dealkylation sites (tertiary alicyclic amines) is 2. The summed E-state index contributed by atoms with van der Waals surface area (Å²) in [4.78, 5) is 21.5. The number of aromatic nitrogens is 2. The second-order valence-corrected chi connectivity index (χ2v) is 8.05. The lowest BCUT2D eigenvalue weighted by Crippen LogP contribution is -2.42. The van der Waals surface area contributed by atoms with E-state index in [0.717, 1.165) is 57.7 Å². The number of piperidine rings is 2. The number of rotatable bonds is 6. The van der Waals surface area contributed by atoms with Gasteiger partial charge >= 0.3 is 0 Å². The second-order valence-electron chi connectivity index (χ2n) is 8.05. The van der Waals surface area contributed by atoms with E-state index in [4.69, 9.17) is 0 Å². The minimum Gasteiger partial charge on any atom is -0.385 e. The molecule has 3 heterocycles. The van der Waals surface area contributed by atoms with Crippen molar-refractivity contribution in [2.45, 2.75) is 51.6 Å². The Hall–Kier alpha value is -1.40. The van der Waals surface area contributed by atoms with E-state index in [9.17, 15) is 9.90 Å². The summed E-state index contributed by atoms with van der Waals surface area (Å²) >= 11 is 0. The van der Waals surface area contributed by atoms with Gasteiger partial charge < -0.3 is 19.5 Å². The number of aliphatic hydroxyl groups is 1. The maximum atomic E-state index is 12.7. The zero-order valence-corrected chi connectivity index (χ0v) is 16.3. The van der Waals surface area contributed by atoms with Crippen molar-refractivity contribution in [1.82, 2.24) is 19.4 Å². The van der Waals surface area contributed by atoms with Crippen LogP contribution in [-0.4, -0.2) is 63.1 Å². The average Bonchev–Trinajstić information content (AvgIpc) is 3.09. The summed E-state index contributed by atoms with van der Waals surface area (Å²) in [5.41, 5.74) is 0. The van der Waals surface area contributed by atoms with Gasteiger partial charge in [0, 0.05) is 39.0 Å². The van der Waals surface area contributed by atoms with Gasteiger partial charge in [-0.15, -0.1) is 0 Å². The molecule has 2 saturated heterocycles. The van der Waals surface area contributed by atoms with Crippen molar-refractivity contribution in [2.24, 2.45) is 18.9 Å². The molecular formula is C20H34N4O2. The maximum Gasteiger partial charge on any atom is 0.222 e. The van der Waals surface area contributed by atoms with Crippen LogP contribution in [0.2, 0.25) is 0 Å². The molecule has 2 aliphatic heterocycles. The van der Waals surface area contributed by atoms with Crippen LogP contribution in [-0.2, 0) is 11.8 Å². The molecule has 1 N–H and O–H groups in total. The van der Waals surface area contributed by atoms with E-state index < -0.39 is 6.10 Å². The lowest BCUT2D eigenvalue weighted by molar-refractivity contribution is -0.134. The van der Waals surface area contributed by atoms with Crippen LogP contribution in [0.3, 0.4) is 0 Å². The monoisotopic (exact) mass is 362 g/mol. The molecule has 0 unspecified atom stereocenters. The quantitative estimate of drug-likeness (QED) is 0.843. The number of imidazole rings is 1. The molecule has 0 aromatic carbocycles. The highest BCUT2D eigenvalue weighted by Gasteiger charge is 2.31. The van der Waals surface area contributed by atoms with Gasteiger partial charge in [0.15, 0.2) is 0 Å². The van der Waals surface area contributed by atoms with Crippen LogP contribution in [0.15, 0.2) is 12.4 Å². The van der Waals surface area contributed by atoms with E-state index in [1.165, 1.54) is 13.0 Å². The number of hydrogen-bond donors (Lipinski definition) is 1. The van der Waals surface area contributed by atoms with E-state index >= 15 is 0 Å². The minimum absolute atomic E-state index is 0.192. The van der Waals surface area contributed by atoms with E-state index in [0.29, 0.717) is 18.2 Å². The Kier molecular flexibility index (Phi) is 6.70. The van der Waals surface area contributed by atoms with Crippen LogP contribution in [0.1, 0.15) is 57.4 Å². The lowest BCUT2D eigenvalue weighted by Gasteiger charge is -2.36. The van der Waals surface area contributed by atoms with E-state index in [1.54, 1.807) is 6.20 Å². The molecule has 146 valence electrons. The molecular weight excluding hydrogens is 328 g/mol. The Morgan fingerprint density at radius 1 is 1.23 bits per heavy atom. The van der Waals surface area contributed by atoms with Crippen molar-refractivity contribution in [2.75, 3.05) is 32.7 Å². The highest BCUT2D eigenvalue weighted by molar-refractivity contribution is 5.76.